The molecule has 2 N–H and O–H groups in total. The Morgan fingerprint density at radius 2 is 1.83 bits per heavy atom. The molecule has 1 fully saturated rings. The molecule has 1 aromatic heterocycles. The second-order valence-electron chi connectivity index (χ2n) is 5.88. The van der Waals surface area contributed by atoms with E-state index in [-0.39, 0.29) is 34.8 Å². The summed E-state index contributed by atoms with van der Waals surface area (Å²) in [4.78, 5) is 31.7. The van der Waals surface area contributed by atoms with Crippen molar-refractivity contribution in [2.24, 2.45) is 0 Å². The van der Waals surface area contributed by atoms with E-state index < -0.39 is 27.9 Å². The Labute approximate surface area is 166 Å². The number of anilines is 1. The van der Waals surface area contributed by atoms with Crippen LogP contribution in [0.1, 0.15) is 17.9 Å². The normalized spacial score (nSPS) is 16.1. The molecule has 0 bridgehead atoms. The van der Waals surface area contributed by atoms with Crippen molar-refractivity contribution in [3.63, 3.8) is 0 Å². The maximum atomic E-state index is 12.7. The number of benzene rings is 1. The summed E-state index contributed by atoms with van der Waals surface area (Å²) in [7, 11) is -1.57. The van der Waals surface area contributed by atoms with Gasteiger partial charge in [0.15, 0.2) is 0 Å². The molecule has 1 unspecified atom stereocenters. The van der Waals surface area contributed by atoms with Crippen molar-refractivity contribution in [3.8, 4) is 11.8 Å². The highest BCUT2D eigenvalue weighted by Gasteiger charge is 2.33. The lowest BCUT2D eigenvalue weighted by molar-refractivity contribution is -0.139. The van der Waals surface area contributed by atoms with Crippen LogP contribution in [0.2, 0.25) is 0 Å². The molecule has 29 heavy (non-hydrogen) atoms. The van der Waals surface area contributed by atoms with Crippen LogP contribution in [-0.4, -0.2) is 51.2 Å². The minimum absolute atomic E-state index is 0.111. The van der Waals surface area contributed by atoms with Gasteiger partial charge in [-0.2, -0.15) is 9.97 Å². The third-order valence-electron chi connectivity index (χ3n) is 4.07. The number of nitrogens with one attached hydrogen (secondary N) is 2. The molecule has 0 aliphatic carbocycles. The van der Waals surface area contributed by atoms with E-state index >= 15 is 0 Å². The molecule has 2 amide bonds. The molecule has 2 aromatic rings. The number of methoxy groups -OCH3 is 2. The van der Waals surface area contributed by atoms with Gasteiger partial charge in [-0.15, -0.1) is 0 Å². The van der Waals surface area contributed by atoms with Crippen molar-refractivity contribution in [1.82, 2.24) is 14.7 Å². The molecule has 0 spiro atoms. The average Bonchev–Trinajstić information content (AvgIpc) is 3.12. The van der Waals surface area contributed by atoms with Crippen molar-refractivity contribution in [2.45, 2.75) is 17.2 Å². The number of esters is 1. The smallest absolute Gasteiger partial charge is 0.335 e. The van der Waals surface area contributed by atoms with Gasteiger partial charge in [0.25, 0.3) is 10.0 Å². The lowest BCUT2D eigenvalue weighted by Crippen LogP contribution is -2.35. The second kappa shape index (κ2) is 8.31. The van der Waals surface area contributed by atoms with Gasteiger partial charge in [0.05, 0.1) is 37.7 Å². The molecule has 0 radical (unpaired) electrons. The van der Waals surface area contributed by atoms with Gasteiger partial charge >= 0.3 is 12.0 Å². The highest BCUT2D eigenvalue weighted by molar-refractivity contribution is 7.90. The number of carbonyl (C=O) groups is 2. The van der Waals surface area contributed by atoms with Gasteiger partial charge in [0.2, 0.25) is 17.7 Å². The zero-order valence-corrected chi connectivity index (χ0v) is 16.4. The van der Waals surface area contributed by atoms with Crippen LogP contribution in [0.5, 0.6) is 11.8 Å². The molecule has 3 rings (SSSR count). The number of amides is 2. The number of rotatable bonds is 6. The maximum absolute atomic E-state index is 12.7. The molecular formula is C17H18N4O7S. The van der Waals surface area contributed by atoms with Crippen LogP contribution in [0.25, 0.3) is 0 Å². The fraction of sp³-hybridized carbons (Fsp3) is 0.294. The monoisotopic (exact) mass is 422 g/mol. The van der Waals surface area contributed by atoms with Crippen LogP contribution < -0.4 is 19.5 Å². The standard InChI is InChI=1S/C17H18N4O7S/c1-26-13-9-14(27-2)19-16(18-13)20-17(23)21-29(24,25)12-6-4-3-5-10(12)11-7-8-28-15(11)22/h3-6,9,11H,7-8H2,1-2H3,(H2,18,19,20,21,23). The van der Waals surface area contributed by atoms with Gasteiger partial charge in [0.1, 0.15) is 0 Å². The summed E-state index contributed by atoms with van der Waals surface area (Å²) in [5.41, 5.74) is 0.259. The Hall–Kier alpha value is -3.41. The molecule has 1 atom stereocenters. The number of hydrogen-bond donors (Lipinski definition) is 2. The largest absolute Gasteiger partial charge is 0.481 e. The Bertz CT molecular complexity index is 1020. The molecule has 1 saturated heterocycles. The number of hydrogen-bond acceptors (Lipinski definition) is 9. The first-order chi connectivity index (χ1) is 13.8. The van der Waals surface area contributed by atoms with E-state index in [0.29, 0.717) is 6.42 Å². The van der Waals surface area contributed by atoms with Gasteiger partial charge in [-0.3, -0.25) is 10.1 Å². The number of ether oxygens (including phenoxy) is 3. The van der Waals surface area contributed by atoms with Gasteiger partial charge < -0.3 is 14.2 Å². The number of sulfonamides is 1. The molecule has 12 heteroatoms. The highest BCUT2D eigenvalue weighted by atomic mass is 32.2. The number of cyclic esters (lactones) is 1. The van der Waals surface area contributed by atoms with Crippen molar-refractivity contribution in [2.75, 3.05) is 26.1 Å². The van der Waals surface area contributed by atoms with Gasteiger partial charge in [-0.25, -0.2) is 17.9 Å². The van der Waals surface area contributed by atoms with Crippen molar-refractivity contribution < 1.29 is 32.2 Å². The first-order valence-corrected chi connectivity index (χ1v) is 9.89. The molecule has 2 heterocycles. The van der Waals surface area contributed by atoms with E-state index in [0.717, 1.165) is 0 Å². The number of carbonyl (C=O) groups excluding carboxylic acids is 2. The third kappa shape index (κ3) is 4.54. The van der Waals surface area contributed by atoms with E-state index in [1.807, 2.05) is 4.72 Å². The van der Waals surface area contributed by atoms with E-state index in [1.54, 1.807) is 6.07 Å². The van der Waals surface area contributed by atoms with Crippen LogP contribution in [0, 0.1) is 0 Å². The van der Waals surface area contributed by atoms with E-state index in [4.69, 9.17) is 14.2 Å². The first kappa shape index (κ1) is 20.3. The molecule has 1 aliphatic rings. The summed E-state index contributed by atoms with van der Waals surface area (Å²) >= 11 is 0. The van der Waals surface area contributed by atoms with Crippen LogP contribution in [0.4, 0.5) is 10.7 Å². The predicted molar refractivity (Wildman–Crippen MR) is 99.2 cm³/mol. The Balaban J connectivity index is 1.82. The number of aromatic nitrogens is 2. The predicted octanol–water partition coefficient (Wildman–Crippen LogP) is 1.03. The lowest BCUT2D eigenvalue weighted by atomic mass is 9.98. The zero-order chi connectivity index (χ0) is 21.0. The Kier molecular flexibility index (Phi) is 5.82. The summed E-state index contributed by atoms with van der Waals surface area (Å²) in [6.45, 7) is 0.209. The summed E-state index contributed by atoms with van der Waals surface area (Å²) in [5, 5.41) is 2.21. The minimum Gasteiger partial charge on any atom is -0.481 e. The number of nitrogens with zero attached hydrogens (tertiary/aromatic N) is 2. The van der Waals surface area contributed by atoms with Crippen LogP contribution in [0.3, 0.4) is 0 Å². The zero-order valence-electron chi connectivity index (χ0n) is 15.5. The van der Waals surface area contributed by atoms with Crippen molar-refractivity contribution in [1.29, 1.82) is 0 Å². The average molecular weight is 422 g/mol. The topological polar surface area (TPSA) is 146 Å². The van der Waals surface area contributed by atoms with E-state index in [9.17, 15) is 18.0 Å². The third-order valence-corrected chi connectivity index (χ3v) is 5.47. The lowest BCUT2D eigenvalue weighted by Gasteiger charge is -2.14. The molecule has 154 valence electrons. The second-order valence-corrected chi connectivity index (χ2v) is 7.53. The van der Waals surface area contributed by atoms with E-state index in [1.165, 1.54) is 38.5 Å². The van der Waals surface area contributed by atoms with Gasteiger partial charge in [-0.1, -0.05) is 18.2 Å². The fourth-order valence-electron chi connectivity index (χ4n) is 2.76. The quantitative estimate of drug-likeness (QED) is 0.652. The summed E-state index contributed by atoms with van der Waals surface area (Å²) < 4.78 is 42.2. The van der Waals surface area contributed by atoms with Crippen LogP contribution >= 0.6 is 0 Å². The first-order valence-electron chi connectivity index (χ1n) is 8.40. The minimum atomic E-state index is -4.29. The number of urea groups is 1. The molecular weight excluding hydrogens is 404 g/mol. The Morgan fingerprint density at radius 3 is 2.41 bits per heavy atom. The maximum Gasteiger partial charge on any atom is 0.335 e. The molecule has 1 aromatic carbocycles. The summed E-state index contributed by atoms with van der Waals surface area (Å²) in [5.74, 6) is -1.22. The van der Waals surface area contributed by atoms with Crippen LogP contribution in [-0.2, 0) is 19.6 Å². The van der Waals surface area contributed by atoms with Gasteiger partial charge in [-0.05, 0) is 18.1 Å². The van der Waals surface area contributed by atoms with Crippen molar-refractivity contribution in [3.05, 3.63) is 35.9 Å². The highest BCUT2D eigenvalue weighted by Crippen LogP contribution is 2.31. The van der Waals surface area contributed by atoms with Crippen molar-refractivity contribution >= 4 is 28.0 Å². The SMILES string of the molecule is COc1cc(OC)nc(NC(=O)NS(=O)(=O)c2ccccc2C2CCOC2=O)n1. The van der Waals surface area contributed by atoms with Crippen LogP contribution in [0.15, 0.2) is 35.2 Å². The van der Waals surface area contributed by atoms with E-state index in [2.05, 4.69) is 15.3 Å². The summed E-state index contributed by atoms with van der Waals surface area (Å²) in [6, 6.07) is 6.21. The molecule has 11 nitrogen and oxygen atoms in total. The Morgan fingerprint density at radius 1 is 1.17 bits per heavy atom. The molecule has 0 saturated carbocycles. The van der Waals surface area contributed by atoms with Gasteiger partial charge in [0, 0.05) is 0 Å². The fourth-order valence-corrected chi connectivity index (χ4v) is 3.95. The molecule has 1 aliphatic heterocycles. The summed E-state index contributed by atoms with van der Waals surface area (Å²) in [6.07, 6.45) is 0.356.